The second-order valence-electron chi connectivity index (χ2n) is 7.19. The molecule has 2 aromatic carbocycles. The Balaban J connectivity index is 1.48. The molecule has 0 radical (unpaired) electrons. The van der Waals surface area contributed by atoms with E-state index in [4.69, 9.17) is 4.74 Å². The van der Waals surface area contributed by atoms with E-state index in [1.807, 2.05) is 42.6 Å². The predicted octanol–water partition coefficient (Wildman–Crippen LogP) is 3.52. The van der Waals surface area contributed by atoms with Crippen LogP contribution in [0.25, 0.3) is 10.9 Å². The number of hydrogen-bond donors (Lipinski definition) is 2. The highest BCUT2D eigenvalue weighted by Gasteiger charge is 2.45. The number of ketones is 1. The van der Waals surface area contributed by atoms with Crippen molar-refractivity contribution in [3.05, 3.63) is 71.4 Å². The van der Waals surface area contributed by atoms with E-state index in [2.05, 4.69) is 20.6 Å². The van der Waals surface area contributed by atoms with E-state index in [1.165, 1.54) is 28.1 Å². The number of nitrogens with one attached hydrogen (secondary N) is 2. The van der Waals surface area contributed by atoms with Gasteiger partial charge in [-0.15, -0.1) is 10.2 Å². The minimum absolute atomic E-state index is 0.0887. The number of hydrazine groups is 1. The van der Waals surface area contributed by atoms with Crippen molar-refractivity contribution in [2.45, 2.75) is 16.4 Å². The summed E-state index contributed by atoms with van der Waals surface area (Å²) < 4.78 is 5.95. The molecule has 3 heterocycles. The maximum atomic E-state index is 13.6. The first kappa shape index (κ1) is 20.7. The molecular weight excluding hydrogens is 446 g/mol. The van der Waals surface area contributed by atoms with E-state index in [0.29, 0.717) is 10.1 Å². The molecule has 0 aliphatic carbocycles. The maximum absolute atomic E-state index is 13.6. The van der Waals surface area contributed by atoms with Gasteiger partial charge in [0, 0.05) is 22.7 Å². The summed E-state index contributed by atoms with van der Waals surface area (Å²) >= 11 is 2.68. The number of hydrogen-bond acceptors (Lipinski definition) is 8. The van der Waals surface area contributed by atoms with Gasteiger partial charge in [0.05, 0.1) is 12.9 Å². The van der Waals surface area contributed by atoms with Crippen LogP contribution in [0.2, 0.25) is 0 Å². The van der Waals surface area contributed by atoms with Gasteiger partial charge >= 0.3 is 0 Å². The number of carbonyl (C=O) groups excluding carboxylic acids is 2. The Bertz CT molecular complexity index is 1260. The third kappa shape index (κ3) is 3.77. The number of para-hydroxylation sites is 1. The molecule has 4 aromatic rings. The van der Waals surface area contributed by atoms with Crippen molar-refractivity contribution in [3.8, 4) is 5.75 Å². The Morgan fingerprint density at radius 2 is 2.03 bits per heavy atom. The number of aromatic amines is 1. The number of aromatic nitrogens is 3. The van der Waals surface area contributed by atoms with Crippen molar-refractivity contribution >= 4 is 45.7 Å². The number of carbonyl (C=O) groups is 2. The van der Waals surface area contributed by atoms with E-state index in [-0.39, 0.29) is 17.4 Å². The molecule has 0 spiro atoms. The molecule has 0 bridgehead atoms. The first-order valence-corrected chi connectivity index (χ1v) is 11.7. The molecule has 1 fully saturated rings. The summed E-state index contributed by atoms with van der Waals surface area (Å²) in [6.07, 6.45) is 1.83. The normalized spacial score (nSPS) is 18.4. The molecule has 1 saturated heterocycles. The van der Waals surface area contributed by atoms with Gasteiger partial charge in [-0.3, -0.25) is 14.6 Å². The lowest BCUT2D eigenvalue weighted by Gasteiger charge is -2.23. The van der Waals surface area contributed by atoms with Crippen LogP contribution in [0.1, 0.15) is 23.2 Å². The Morgan fingerprint density at radius 1 is 1.22 bits per heavy atom. The number of benzene rings is 2. The summed E-state index contributed by atoms with van der Waals surface area (Å²) in [4.78, 5) is 30.0. The quantitative estimate of drug-likeness (QED) is 0.420. The van der Waals surface area contributed by atoms with Crippen LogP contribution in [-0.2, 0) is 9.59 Å². The fraction of sp³-hybridized carbons (Fsp3) is 0.182. The van der Waals surface area contributed by atoms with Gasteiger partial charge in [-0.1, -0.05) is 53.4 Å². The number of H-pyrrole nitrogens is 1. The number of nitrogens with zero attached hydrogens (tertiary/aromatic N) is 3. The fourth-order valence-electron chi connectivity index (χ4n) is 3.85. The molecule has 162 valence electrons. The van der Waals surface area contributed by atoms with Gasteiger partial charge in [0.2, 0.25) is 5.91 Å². The van der Waals surface area contributed by atoms with Crippen molar-refractivity contribution in [2.75, 3.05) is 12.9 Å². The van der Waals surface area contributed by atoms with E-state index in [9.17, 15) is 9.59 Å². The first-order valence-electron chi connectivity index (χ1n) is 9.86. The number of Topliss-reactive ketones (excluding diaryl/α,β-unsaturated/α-hetero) is 1. The number of fused-ring (bicyclic) bond motifs is 1. The lowest BCUT2D eigenvalue weighted by molar-refractivity contribution is -0.134. The van der Waals surface area contributed by atoms with Crippen LogP contribution >= 0.6 is 23.1 Å². The molecule has 1 aliphatic rings. The monoisotopic (exact) mass is 465 g/mol. The molecule has 1 aliphatic heterocycles. The van der Waals surface area contributed by atoms with Crippen molar-refractivity contribution in [3.63, 3.8) is 0 Å². The van der Waals surface area contributed by atoms with Crippen LogP contribution < -0.4 is 10.2 Å². The topological polar surface area (TPSA) is 100 Å². The third-order valence-corrected chi connectivity index (χ3v) is 7.22. The van der Waals surface area contributed by atoms with Gasteiger partial charge in [-0.05, 0) is 23.8 Å². The smallest absolute Gasteiger partial charge is 0.248 e. The van der Waals surface area contributed by atoms with Gasteiger partial charge in [0.25, 0.3) is 0 Å². The molecule has 32 heavy (non-hydrogen) atoms. The van der Waals surface area contributed by atoms with Gasteiger partial charge in [0.15, 0.2) is 10.1 Å². The molecule has 2 atom stereocenters. The fourth-order valence-corrected chi connectivity index (χ4v) is 5.20. The van der Waals surface area contributed by atoms with Gasteiger partial charge in [0.1, 0.15) is 23.3 Å². The summed E-state index contributed by atoms with van der Waals surface area (Å²) in [5.74, 6) is 0.531. The first-order chi connectivity index (χ1) is 15.7. The lowest BCUT2D eigenvalue weighted by atomic mass is 9.95. The number of rotatable bonds is 6. The summed E-state index contributed by atoms with van der Waals surface area (Å²) in [7, 11) is 1.59. The highest BCUT2D eigenvalue weighted by molar-refractivity contribution is 8.01. The Kier molecular flexibility index (Phi) is 5.64. The number of methoxy groups -OCH3 is 1. The van der Waals surface area contributed by atoms with Crippen molar-refractivity contribution in [2.24, 2.45) is 0 Å². The van der Waals surface area contributed by atoms with Crippen LogP contribution in [0.15, 0.2) is 64.6 Å². The van der Waals surface area contributed by atoms with E-state index < -0.39 is 12.1 Å². The molecular formula is C22H19N5O3S2. The molecule has 2 aromatic heterocycles. The van der Waals surface area contributed by atoms with Crippen LogP contribution in [0.4, 0.5) is 0 Å². The predicted molar refractivity (Wildman–Crippen MR) is 122 cm³/mol. The van der Waals surface area contributed by atoms with Crippen LogP contribution in [0.3, 0.4) is 0 Å². The highest BCUT2D eigenvalue weighted by Crippen LogP contribution is 2.37. The third-order valence-electron chi connectivity index (χ3n) is 5.37. The average molecular weight is 466 g/mol. The summed E-state index contributed by atoms with van der Waals surface area (Å²) in [5.41, 5.74) is 7.28. The molecule has 2 N–H and O–H groups in total. The summed E-state index contributed by atoms with van der Waals surface area (Å²) in [6.45, 7) is 0. The Morgan fingerprint density at radius 3 is 2.78 bits per heavy atom. The highest BCUT2D eigenvalue weighted by atomic mass is 32.2. The van der Waals surface area contributed by atoms with Crippen molar-refractivity contribution < 1.29 is 14.3 Å². The van der Waals surface area contributed by atoms with E-state index in [0.717, 1.165) is 22.0 Å². The zero-order valence-corrected chi connectivity index (χ0v) is 18.7. The zero-order valence-electron chi connectivity index (χ0n) is 17.0. The molecule has 5 rings (SSSR count). The summed E-state index contributed by atoms with van der Waals surface area (Å²) in [6, 6.07) is 13.6. The largest absolute Gasteiger partial charge is 0.497 e. The van der Waals surface area contributed by atoms with E-state index >= 15 is 0 Å². The van der Waals surface area contributed by atoms with Gasteiger partial charge in [-0.2, -0.15) is 0 Å². The molecule has 1 amide bonds. The minimum atomic E-state index is -0.748. The van der Waals surface area contributed by atoms with Gasteiger partial charge < -0.3 is 9.72 Å². The van der Waals surface area contributed by atoms with Crippen molar-refractivity contribution in [1.29, 1.82) is 0 Å². The van der Waals surface area contributed by atoms with Crippen LogP contribution in [0.5, 0.6) is 5.75 Å². The zero-order chi connectivity index (χ0) is 22.1. The lowest BCUT2D eigenvalue weighted by Crippen LogP contribution is -2.40. The summed E-state index contributed by atoms with van der Waals surface area (Å²) in [5, 5.41) is 10.2. The molecule has 10 heteroatoms. The average Bonchev–Trinajstić information content (AvgIpc) is 3.56. The standard InChI is InChI=1S/C22H19N5O3S2/c1-30-14-8-6-13(7-9-14)20-21(29)19(16-10-23-17-5-3-2-4-15(16)17)26-27(20)18(28)11-31-22-25-24-12-32-22/h2-10,12,19-20,23,26H,11H2,1H3/t19?,20-/m1/s1. The number of ether oxygens (including phenoxy) is 1. The van der Waals surface area contributed by atoms with Crippen LogP contribution in [-0.4, -0.2) is 44.7 Å². The van der Waals surface area contributed by atoms with Gasteiger partial charge in [-0.25, -0.2) is 5.43 Å². The minimum Gasteiger partial charge on any atom is -0.497 e. The van der Waals surface area contributed by atoms with Crippen LogP contribution in [0, 0.1) is 0 Å². The second-order valence-corrected chi connectivity index (χ2v) is 9.24. The van der Waals surface area contributed by atoms with E-state index in [1.54, 1.807) is 24.8 Å². The molecule has 0 saturated carbocycles. The SMILES string of the molecule is COc1ccc([C@@H]2C(=O)C(c3c[nH]c4ccccc34)NN2C(=O)CSc2nncs2)cc1. The molecule has 1 unspecified atom stereocenters. The Hall–Kier alpha value is -3.21. The maximum Gasteiger partial charge on any atom is 0.248 e. The Labute approximate surface area is 192 Å². The number of amides is 1. The number of thioether (sulfide) groups is 1. The molecule has 8 nitrogen and oxygen atoms in total. The van der Waals surface area contributed by atoms with Crippen molar-refractivity contribution in [1.82, 2.24) is 25.6 Å². The second kappa shape index (κ2) is 8.73.